The van der Waals surface area contributed by atoms with Crippen molar-refractivity contribution in [2.24, 2.45) is 0 Å². The number of rotatable bonds is 4. The highest BCUT2D eigenvalue weighted by Gasteiger charge is 2.24. The molecule has 2 heterocycles. The SMILES string of the molecule is O=C(NCc1sccc1Br)c1ccnc(Cl)c1[N+](=O)[O-]. The van der Waals surface area contributed by atoms with Gasteiger partial charge in [0.2, 0.25) is 5.15 Å². The highest BCUT2D eigenvalue weighted by molar-refractivity contribution is 9.10. The van der Waals surface area contributed by atoms with Crippen LogP contribution in [0.25, 0.3) is 0 Å². The van der Waals surface area contributed by atoms with E-state index in [1.807, 2.05) is 11.4 Å². The Morgan fingerprint density at radius 3 is 2.90 bits per heavy atom. The molecule has 0 aliphatic carbocycles. The third-order valence-electron chi connectivity index (χ3n) is 2.41. The minimum atomic E-state index is -0.717. The van der Waals surface area contributed by atoms with Crippen molar-refractivity contribution in [1.29, 1.82) is 0 Å². The zero-order valence-electron chi connectivity index (χ0n) is 9.80. The fraction of sp³-hybridized carbons (Fsp3) is 0.0909. The Hall–Kier alpha value is -1.51. The summed E-state index contributed by atoms with van der Waals surface area (Å²) in [6, 6.07) is 3.13. The lowest BCUT2D eigenvalue weighted by Crippen LogP contribution is -2.23. The number of hydrogen-bond acceptors (Lipinski definition) is 5. The number of nitrogens with zero attached hydrogens (tertiary/aromatic N) is 2. The zero-order valence-corrected chi connectivity index (χ0v) is 13.0. The molecule has 2 rings (SSSR count). The fourth-order valence-electron chi connectivity index (χ4n) is 1.49. The van der Waals surface area contributed by atoms with Crippen LogP contribution in [0.15, 0.2) is 28.2 Å². The molecule has 0 saturated carbocycles. The molecule has 1 N–H and O–H groups in total. The van der Waals surface area contributed by atoms with Crippen LogP contribution in [0, 0.1) is 10.1 Å². The predicted molar refractivity (Wildman–Crippen MR) is 79.1 cm³/mol. The first-order valence-corrected chi connectivity index (χ1v) is 7.34. The second-order valence-corrected chi connectivity index (χ2v) is 5.84. The summed E-state index contributed by atoms with van der Waals surface area (Å²) in [5, 5.41) is 15.1. The van der Waals surface area contributed by atoms with Crippen molar-refractivity contribution >= 4 is 50.5 Å². The van der Waals surface area contributed by atoms with Crippen LogP contribution >= 0.6 is 38.9 Å². The van der Waals surface area contributed by atoms with Crippen LogP contribution in [0.4, 0.5) is 5.69 Å². The van der Waals surface area contributed by atoms with Crippen molar-refractivity contribution in [3.63, 3.8) is 0 Å². The molecule has 104 valence electrons. The molecule has 0 aliphatic rings. The van der Waals surface area contributed by atoms with Crippen LogP contribution in [-0.4, -0.2) is 15.8 Å². The first kappa shape index (κ1) is 14.9. The summed E-state index contributed by atoms with van der Waals surface area (Å²) in [5.74, 6) is -0.568. The van der Waals surface area contributed by atoms with Crippen molar-refractivity contribution in [3.8, 4) is 0 Å². The van der Waals surface area contributed by atoms with Crippen LogP contribution in [-0.2, 0) is 6.54 Å². The van der Waals surface area contributed by atoms with Crippen LogP contribution in [0.3, 0.4) is 0 Å². The van der Waals surface area contributed by atoms with Crippen molar-refractivity contribution in [1.82, 2.24) is 10.3 Å². The van der Waals surface area contributed by atoms with E-state index in [9.17, 15) is 14.9 Å². The van der Waals surface area contributed by atoms with Gasteiger partial charge in [-0.2, -0.15) is 0 Å². The first-order chi connectivity index (χ1) is 9.50. The Balaban J connectivity index is 2.20. The van der Waals surface area contributed by atoms with E-state index in [0.29, 0.717) is 0 Å². The summed E-state index contributed by atoms with van der Waals surface area (Å²) in [6.07, 6.45) is 1.26. The molecule has 0 aromatic carbocycles. The molecule has 0 radical (unpaired) electrons. The number of carbonyl (C=O) groups excluding carboxylic acids is 1. The Bertz CT molecular complexity index is 677. The summed E-state index contributed by atoms with van der Waals surface area (Å²) < 4.78 is 0.880. The molecule has 0 fully saturated rings. The maximum atomic E-state index is 12.0. The molecule has 2 aromatic heterocycles. The van der Waals surface area contributed by atoms with E-state index in [0.717, 1.165) is 9.35 Å². The molecule has 9 heteroatoms. The molecule has 0 atom stereocenters. The molecule has 1 amide bonds. The van der Waals surface area contributed by atoms with Crippen LogP contribution in [0.1, 0.15) is 15.2 Å². The van der Waals surface area contributed by atoms with Crippen molar-refractivity contribution in [3.05, 3.63) is 53.9 Å². The molecule has 0 unspecified atom stereocenters. The Labute approximate surface area is 131 Å². The molecular weight excluding hydrogens is 370 g/mol. The Morgan fingerprint density at radius 2 is 2.30 bits per heavy atom. The molecule has 0 aliphatic heterocycles. The highest BCUT2D eigenvalue weighted by atomic mass is 79.9. The lowest BCUT2D eigenvalue weighted by molar-refractivity contribution is -0.385. The number of thiophene rings is 1. The topological polar surface area (TPSA) is 85.1 Å². The van der Waals surface area contributed by atoms with Crippen LogP contribution in [0.2, 0.25) is 5.15 Å². The number of aromatic nitrogens is 1. The largest absolute Gasteiger partial charge is 0.347 e. The lowest BCUT2D eigenvalue weighted by atomic mass is 10.2. The number of pyridine rings is 1. The summed E-state index contributed by atoms with van der Waals surface area (Å²) in [4.78, 5) is 26.8. The van der Waals surface area contributed by atoms with E-state index < -0.39 is 16.5 Å². The molecule has 0 bridgehead atoms. The van der Waals surface area contributed by atoms with E-state index in [4.69, 9.17) is 11.6 Å². The second kappa shape index (κ2) is 6.29. The van der Waals surface area contributed by atoms with Crippen LogP contribution in [0.5, 0.6) is 0 Å². The number of amides is 1. The molecular formula is C11H7BrClN3O3S. The van der Waals surface area contributed by atoms with Gasteiger partial charge < -0.3 is 5.32 Å². The van der Waals surface area contributed by atoms with Gasteiger partial charge >= 0.3 is 5.69 Å². The molecule has 2 aromatic rings. The maximum Gasteiger partial charge on any atom is 0.319 e. The number of hydrogen-bond donors (Lipinski definition) is 1. The van der Waals surface area contributed by atoms with E-state index in [1.54, 1.807) is 0 Å². The standard InChI is InChI=1S/C11H7BrClN3O3S/c12-7-2-4-20-8(7)5-15-11(17)6-1-3-14-10(13)9(6)16(18)19/h1-4H,5H2,(H,15,17). The number of nitro groups is 1. The smallest absolute Gasteiger partial charge is 0.319 e. The van der Waals surface area contributed by atoms with Gasteiger partial charge in [0.1, 0.15) is 5.56 Å². The van der Waals surface area contributed by atoms with Gasteiger partial charge in [-0.3, -0.25) is 14.9 Å². The van der Waals surface area contributed by atoms with Gasteiger partial charge in [0.15, 0.2) is 0 Å². The van der Waals surface area contributed by atoms with Gasteiger partial charge in [-0.25, -0.2) is 4.98 Å². The minimum Gasteiger partial charge on any atom is -0.347 e. The minimum absolute atomic E-state index is 0.109. The summed E-state index contributed by atoms with van der Waals surface area (Å²) in [5.41, 5.74) is -0.598. The van der Waals surface area contributed by atoms with Gasteiger partial charge in [-0.1, -0.05) is 11.6 Å². The third kappa shape index (κ3) is 3.14. The van der Waals surface area contributed by atoms with Crippen molar-refractivity contribution in [2.75, 3.05) is 0 Å². The molecule has 0 saturated heterocycles. The monoisotopic (exact) mass is 375 g/mol. The van der Waals surface area contributed by atoms with Crippen molar-refractivity contribution in [2.45, 2.75) is 6.54 Å². The molecule has 0 spiro atoms. The molecule has 20 heavy (non-hydrogen) atoms. The Morgan fingerprint density at radius 1 is 1.55 bits per heavy atom. The average molecular weight is 377 g/mol. The average Bonchev–Trinajstić information content (AvgIpc) is 2.80. The first-order valence-electron chi connectivity index (χ1n) is 5.29. The summed E-state index contributed by atoms with van der Waals surface area (Å²) in [6.45, 7) is 0.272. The van der Waals surface area contributed by atoms with Gasteiger partial charge in [0.25, 0.3) is 5.91 Å². The maximum absolute atomic E-state index is 12.0. The normalized spacial score (nSPS) is 10.3. The van der Waals surface area contributed by atoms with Gasteiger partial charge in [0, 0.05) is 15.5 Å². The van der Waals surface area contributed by atoms with Gasteiger partial charge in [-0.15, -0.1) is 11.3 Å². The number of nitrogens with one attached hydrogen (secondary N) is 1. The highest BCUT2D eigenvalue weighted by Crippen LogP contribution is 2.26. The quantitative estimate of drug-likeness (QED) is 0.503. The van der Waals surface area contributed by atoms with E-state index in [2.05, 4.69) is 26.2 Å². The number of carbonyl (C=O) groups is 1. The Kier molecular flexibility index (Phi) is 4.69. The molecule has 6 nitrogen and oxygen atoms in total. The van der Waals surface area contributed by atoms with E-state index in [-0.39, 0.29) is 17.3 Å². The predicted octanol–water partition coefficient (Wildman–Crippen LogP) is 3.40. The van der Waals surface area contributed by atoms with E-state index in [1.165, 1.54) is 23.6 Å². The summed E-state index contributed by atoms with van der Waals surface area (Å²) >= 11 is 10.5. The lowest BCUT2D eigenvalue weighted by Gasteiger charge is -2.05. The van der Waals surface area contributed by atoms with Crippen molar-refractivity contribution < 1.29 is 9.72 Å². The summed E-state index contributed by atoms with van der Waals surface area (Å²) in [7, 11) is 0. The number of halogens is 2. The van der Waals surface area contributed by atoms with Crippen LogP contribution < -0.4 is 5.32 Å². The third-order valence-corrected chi connectivity index (χ3v) is 4.61. The van der Waals surface area contributed by atoms with Gasteiger partial charge in [0.05, 0.1) is 11.5 Å². The van der Waals surface area contributed by atoms with E-state index >= 15 is 0 Å². The van der Waals surface area contributed by atoms with Gasteiger partial charge in [-0.05, 0) is 33.4 Å². The zero-order chi connectivity index (χ0) is 14.7. The fourth-order valence-corrected chi connectivity index (χ4v) is 3.15. The second-order valence-electron chi connectivity index (χ2n) is 3.63.